The van der Waals surface area contributed by atoms with E-state index < -0.39 is 0 Å². The van der Waals surface area contributed by atoms with Crippen LogP contribution in [-0.4, -0.2) is 51.4 Å². The first-order chi connectivity index (χ1) is 16.0. The second kappa shape index (κ2) is 8.83. The molecule has 0 bridgehead atoms. The van der Waals surface area contributed by atoms with Crippen molar-refractivity contribution in [3.8, 4) is 5.69 Å². The molecule has 0 saturated carbocycles. The maximum atomic E-state index is 13.4. The second-order valence-corrected chi connectivity index (χ2v) is 8.59. The van der Waals surface area contributed by atoms with Gasteiger partial charge in [-0.3, -0.25) is 4.79 Å². The molecular weight excluding hydrogens is 419 g/mol. The number of fused-ring (bicyclic) bond motifs is 1. The molecule has 1 aliphatic heterocycles. The number of hydrogen-bond acceptors (Lipinski definition) is 3. The van der Waals surface area contributed by atoms with E-state index in [4.69, 9.17) is 4.74 Å². The lowest BCUT2D eigenvalue weighted by molar-refractivity contribution is -0.139. The number of para-hydroxylation sites is 1. The maximum absolute atomic E-state index is 13.4. The monoisotopic (exact) mass is 446 g/mol. The Morgan fingerprint density at radius 2 is 1.97 bits per heavy atom. The molecule has 4 aromatic rings. The second-order valence-electron chi connectivity index (χ2n) is 8.59. The third-order valence-electron chi connectivity index (χ3n) is 6.52. The molecule has 1 amide bonds. The van der Waals surface area contributed by atoms with Gasteiger partial charge in [0.2, 0.25) is 5.91 Å². The van der Waals surface area contributed by atoms with Gasteiger partial charge >= 0.3 is 0 Å². The molecule has 2 aromatic heterocycles. The number of nitrogens with zero attached hydrogens (tertiary/aromatic N) is 3. The Morgan fingerprint density at radius 3 is 2.79 bits per heavy atom. The molecule has 1 atom stereocenters. The van der Waals surface area contributed by atoms with Crippen LogP contribution in [0.3, 0.4) is 0 Å². The highest BCUT2D eigenvalue weighted by Gasteiger charge is 2.29. The van der Waals surface area contributed by atoms with Crippen LogP contribution in [0.2, 0.25) is 0 Å². The van der Waals surface area contributed by atoms with Gasteiger partial charge in [-0.1, -0.05) is 18.2 Å². The highest BCUT2D eigenvalue weighted by molar-refractivity contribution is 5.83. The van der Waals surface area contributed by atoms with Gasteiger partial charge in [0.1, 0.15) is 5.82 Å². The molecule has 7 heteroatoms. The number of nitrogens with one attached hydrogen (secondary N) is 1. The van der Waals surface area contributed by atoms with Gasteiger partial charge in [0.25, 0.3) is 0 Å². The van der Waals surface area contributed by atoms with Gasteiger partial charge in [-0.15, -0.1) is 0 Å². The summed E-state index contributed by atoms with van der Waals surface area (Å²) in [5.41, 5.74) is 5.69. The summed E-state index contributed by atoms with van der Waals surface area (Å²) in [4.78, 5) is 18.7. The number of aromatic nitrogens is 3. The Bertz CT molecular complexity index is 1290. The van der Waals surface area contributed by atoms with Crippen molar-refractivity contribution in [2.45, 2.75) is 32.7 Å². The van der Waals surface area contributed by atoms with Crippen LogP contribution in [0.15, 0.2) is 54.7 Å². The fourth-order valence-corrected chi connectivity index (χ4v) is 4.72. The topological polar surface area (TPSA) is 63.1 Å². The first-order valence-corrected chi connectivity index (χ1v) is 11.2. The van der Waals surface area contributed by atoms with Crippen LogP contribution in [0.5, 0.6) is 0 Å². The van der Waals surface area contributed by atoms with E-state index in [9.17, 15) is 9.18 Å². The van der Waals surface area contributed by atoms with E-state index in [1.807, 2.05) is 37.1 Å². The van der Waals surface area contributed by atoms with Crippen molar-refractivity contribution in [1.82, 2.24) is 19.7 Å². The summed E-state index contributed by atoms with van der Waals surface area (Å²) in [6.07, 6.45) is 3.05. The summed E-state index contributed by atoms with van der Waals surface area (Å²) in [6.45, 7) is 5.52. The fourth-order valence-electron chi connectivity index (χ4n) is 4.72. The van der Waals surface area contributed by atoms with Crippen LogP contribution in [0.25, 0.3) is 16.6 Å². The van der Waals surface area contributed by atoms with E-state index >= 15 is 0 Å². The van der Waals surface area contributed by atoms with Crippen LogP contribution in [0.4, 0.5) is 4.39 Å². The Morgan fingerprint density at radius 1 is 1.18 bits per heavy atom. The van der Waals surface area contributed by atoms with E-state index in [2.05, 4.69) is 22.2 Å². The maximum Gasteiger partial charge on any atom is 0.227 e. The number of carbonyl (C=O) groups excluding carboxylic acids is 1. The van der Waals surface area contributed by atoms with Crippen molar-refractivity contribution in [3.05, 3.63) is 83.1 Å². The quantitative estimate of drug-likeness (QED) is 0.502. The summed E-state index contributed by atoms with van der Waals surface area (Å²) in [6, 6.07) is 14.4. The molecule has 170 valence electrons. The molecule has 0 radical (unpaired) electrons. The minimum atomic E-state index is -0.288. The Hall–Kier alpha value is -3.45. The van der Waals surface area contributed by atoms with Crippen molar-refractivity contribution in [2.75, 3.05) is 19.8 Å². The number of ether oxygens (including phenoxy) is 1. The molecule has 33 heavy (non-hydrogen) atoms. The number of aromatic amines is 1. The zero-order valence-electron chi connectivity index (χ0n) is 18.8. The third-order valence-corrected chi connectivity index (χ3v) is 6.52. The molecule has 1 saturated heterocycles. The first-order valence-electron chi connectivity index (χ1n) is 11.2. The van der Waals surface area contributed by atoms with E-state index in [0.717, 1.165) is 34.6 Å². The molecule has 1 N–H and O–H groups in total. The smallest absolute Gasteiger partial charge is 0.227 e. The number of hydrogen-bond donors (Lipinski definition) is 1. The number of H-pyrrole nitrogens is 1. The normalized spacial score (nSPS) is 16.5. The number of amides is 1. The van der Waals surface area contributed by atoms with Crippen LogP contribution >= 0.6 is 0 Å². The minimum Gasteiger partial charge on any atom is -0.377 e. The summed E-state index contributed by atoms with van der Waals surface area (Å²) in [7, 11) is 0. The van der Waals surface area contributed by atoms with E-state index in [0.29, 0.717) is 19.8 Å². The van der Waals surface area contributed by atoms with E-state index in [-0.39, 0.29) is 24.2 Å². The number of morpholine rings is 1. The van der Waals surface area contributed by atoms with Gasteiger partial charge in [-0.25, -0.2) is 9.07 Å². The molecule has 5 rings (SSSR count). The fraction of sp³-hybridized carbons (Fsp3) is 0.308. The zero-order chi connectivity index (χ0) is 22.9. The number of benzene rings is 2. The molecule has 1 aliphatic rings. The standard InChI is InChI=1S/C26H27FN4O2/c1-17-24(18(2)31(29-17)21-9-7-20(27)8-10-21)14-26(32)30-11-12-33-16-22(30)13-19-15-28-25-6-4-3-5-23(19)25/h3-10,15,22,28H,11-14,16H2,1-2H3/t22-/m1/s1. The van der Waals surface area contributed by atoms with Crippen molar-refractivity contribution in [3.63, 3.8) is 0 Å². The lowest BCUT2D eigenvalue weighted by Gasteiger charge is -2.36. The lowest BCUT2D eigenvalue weighted by Crippen LogP contribution is -2.50. The van der Waals surface area contributed by atoms with E-state index in [1.165, 1.54) is 23.1 Å². The Labute approximate surface area is 192 Å². The van der Waals surface area contributed by atoms with Gasteiger partial charge in [-0.05, 0) is 56.2 Å². The average Bonchev–Trinajstić information content (AvgIpc) is 3.36. The van der Waals surface area contributed by atoms with Crippen molar-refractivity contribution < 1.29 is 13.9 Å². The predicted molar refractivity (Wildman–Crippen MR) is 125 cm³/mol. The largest absolute Gasteiger partial charge is 0.377 e. The zero-order valence-corrected chi connectivity index (χ0v) is 18.8. The van der Waals surface area contributed by atoms with Crippen molar-refractivity contribution in [2.24, 2.45) is 0 Å². The number of rotatable bonds is 5. The minimum absolute atomic E-state index is 0.0155. The van der Waals surface area contributed by atoms with Gasteiger partial charge in [0.15, 0.2) is 0 Å². The first kappa shape index (κ1) is 21.4. The molecule has 0 aliphatic carbocycles. The van der Waals surface area contributed by atoms with Crippen LogP contribution < -0.4 is 0 Å². The lowest BCUT2D eigenvalue weighted by atomic mass is 10.0. The molecule has 6 nitrogen and oxygen atoms in total. The Kier molecular flexibility index (Phi) is 5.72. The summed E-state index contributed by atoms with van der Waals surface area (Å²) < 4.78 is 20.9. The van der Waals surface area contributed by atoms with Gasteiger partial charge in [0, 0.05) is 34.9 Å². The molecule has 0 unspecified atom stereocenters. The van der Waals surface area contributed by atoms with Gasteiger partial charge < -0.3 is 14.6 Å². The molecule has 0 spiro atoms. The highest BCUT2D eigenvalue weighted by atomic mass is 19.1. The Balaban J connectivity index is 1.36. The number of aryl methyl sites for hydroxylation is 1. The number of carbonyl (C=O) groups is 1. The third kappa shape index (κ3) is 4.16. The molecule has 1 fully saturated rings. The van der Waals surface area contributed by atoms with E-state index in [1.54, 1.807) is 16.8 Å². The summed E-state index contributed by atoms with van der Waals surface area (Å²) in [5.74, 6) is -0.211. The summed E-state index contributed by atoms with van der Waals surface area (Å²) >= 11 is 0. The molecule has 2 aromatic carbocycles. The molecular formula is C26H27FN4O2. The SMILES string of the molecule is Cc1nn(-c2ccc(F)cc2)c(C)c1CC(=O)N1CCOC[C@H]1Cc1c[nH]c2ccccc12. The molecule has 3 heterocycles. The summed E-state index contributed by atoms with van der Waals surface area (Å²) in [5, 5.41) is 5.80. The van der Waals surface area contributed by atoms with Crippen LogP contribution in [0, 0.1) is 19.7 Å². The average molecular weight is 447 g/mol. The highest BCUT2D eigenvalue weighted by Crippen LogP contribution is 2.24. The van der Waals surface area contributed by atoms with Gasteiger partial charge in [-0.2, -0.15) is 5.10 Å². The van der Waals surface area contributed by atoms with Gasteiger partial charge in [0.05, 0.1) is 37.1 Å². The van der Waals surface area contributed by atoms with Crippen LogP contribution in [-0.2, 0) is 22.4 Å². The predicted octanol–water partition coefficient (Wildman–Crippen LogP) is 4.12. The van der Waals surface area contributed by atoms with Crippen LogP contribution in [0.1, 0.15) is 22.5 Å². The number of halogens is 1. The van der Waals surface area contributed by atoms with Crippen molar-refractivity contribution in [1.29, 1.82) is 0 Å². The van der Waals surface area contributed by atoms with Crippen molar-refractivity contribution >= 4 is 16.8 Å².